The van der Waals surface area contributed by atoms with Crippen LogP contribution in [0, 0.1) is 0 Å². The lowest BCUT2D eigenvalue weighted by Gasteiger charge is -2.43. The Bertz CT molecular complexity index is 2300. The van der Waals surface area contributed by atoms with Gasteiger partial charge in [0.1, 0.15) is 23.4 Å². The van der Waals surface area contributed by atoms with Crippen molar-refractivity contribution >= 4 is 43.1 Å². The van der Waals surface area contributed by atoms with Crippen LogP contribution >= 0.6 is 0 Å². The monoisotopic (exact) mass is 692 g/mol. The molecule has 2 N–H and O–H groups in total. The first-order valence-corrected chi connectivity index (χ1v) is 18.7. The summed E-state index contributed by atoms with van der Waals surface area (Å²) in [6, 6.07) is 57.1. The summed E-state index contributed by atoms with van der Waals surface area (Å²) in [5, 5.41) is 36.2. The van der Waals surface area contributed by atoms with Crippen LogP contribution in [0.3, 0.4) is 0 Å². The van der Waals surface area contributed by atoms with Gasteiger partial charge in [0.2, 0.25) is 0 Å². The molecule has 0 aromatic heterocycles. The van der Waals surface area contributed by atoms with Crippen LogP contribution in [0.4, 0.5) is 0 Å². The van der Waals surface area contributed by atoms with Crippen molar-refractivity contribution in [3.8, 4) is 0 Å². The standard InChI is InChI=1S/C49H40O4/c50-48(41-27-11-19-33-15-1-5-23-37(33)41,42-28-12-20-34-16-2-6-24-38(34)42)45-46(53-47(52-45)31-9-10-32-47)49(51,43-29-13-21-35-17-3-7-25-39(35)43)44-30-14-22-36-18-4-8-26-40(36)44/h1-8,11-30,45-46,50-51H,9-10,31-32H2/t45-,46-/m1/s1. The molecule has 0 amide bonds. The summed E-state index contributed by atoms with van der Waals surface area (Å²) >= 11 is 0. The minimum Gasteiger partial charge on any atom is -0.377 e. The Kier molecular flexibility index (Phi) is 7.54. The van der Waals surface area contributed by atoms with Crippen molar-refractivity contribution in [1.29, 1.82) is 0 Å². The number of rotatable bonds is 6. The van der Waals surface area contributed by atoms with E-state index in [4.69, 9.17) is 9.47 Å². The molecule has 1 aliphatic carbocycles. The molecule has 2 atom stereocenters. The van der Waals surface area contributed by atoms with E-state index in [1.165, 1.54) is 0 Å². The van der Waals surface area contributed by atoms with Crippen LogP contribution in [0.1, 0.15) is 47.9 Å². The highest BCUT2D eigenvalue weighted by Crippen LogP contribution is 2.56. The van der Waals surface area contributed by atoms with Crippen LogP contribution < -0.4 is 0 Å². The minimum atomic E-state index is -1.78. The molecule has 1 aliphatic heterocycles. The van der Waals surface area contributed by atoms with Crippen molar-refractivity contribution in [2.24, 2.45) is 0 Å². The summed E-state index contributed by atoms with van der Waals surface area (Å²) in [6.45, 7) is 0. The van der Waals surface area contributed by atoms with Gasteiger partial charge in [-0.3, -0.25) is 0 Å². The summed E-state index contributed by atoms with van der Waals surface area (Å²) in [5.74, 6) is -0.984. The van der Waals surface area contributed by atoms with E-state index in [0.29, 0.717) is 35.1 Å². The van der Waals surface area contributed by atoms with E-state index in [9.17, 15) is 10.2 Å². The van der Waals surface area contributed by atoms with Crippen LogP contribution in [-0.4, -0.2) is 28.2 Å². The van der Waals surface area contributed by atoms with Crippen molar-refractivity contribution in [2.45, 2.75) is 54.9 Å². The Hall–Kier alpha value is -5.36. The van der Waals surface area contributed by atoms with Gasteiger partial charge < -0.3 is 19.7 Å². The quantitative estimate of drug-likeness (QED) is 0.182. The molecule has 4 nitrogen and oxygen atoms in total. The molecule has 2 fully saturated rings. The molecule has 1 saturated carbocycles. The number of aliphatic hydroxyl groups is 2. The Morgan fingerprint density at radius 3 is 0.943 bits per heavy atom. The SMILES string of the molecule is OC(c1cccc2ccccc12)(c1cccc2ccccc12)[C@@H]1OC2(CCCC2)O[C@H]1C(O)(c1cccc2ccccc12)c1cccc2ccccc12. The van der Waals surface area contributed by atoms with E-state index < -0.39 is 29.2 Å². The number of hydrogen-bond acceptors (Lipinski definition) is 4. The second-order valence-electron chi connectivity index (χ2n) is 14.8. The molecule has 53 heavy (non-hydrogen) atoms. The van der Waals surface area contributed by atoms with Crippen LogP contribution in [-0.2, 0) is 20.7 Å². The molecular formula is C49H40O4. The fourth-order valence-electron chi connectivity index (χ4n) is 9.51. The first-order chi connectivity index (χ1) is 26.0. The molecular weight excluding hydrogens is 653 g/mol. The van der Waals surface area contributed by atoms with Crippen molar-refractivity contribution in [2.75, 3.05) is 0 Å². The zero-order valence-corrected chi connectivity index (χ0v) is 29.4. The van der Waals surface area contributed by atoms with Gasteiger partial charge in [0.05, 0.1) is 0 Å². The summed E-state index contributed by atoms with van der Waals surface area (Å²) in [5.41, 5.74) is -0.723. The average molecular weight is 693 g/mol. The molecule has 260 valence electrons. The molecule has 0 radical (unpaired) electrons. The van der Waals surface area contributed by atoms with E-state index in [1.807, 2.05) is 97.1 Å². The van der Waals surface area contributed by atoms with Gasteiger partial charge in [-0.05, 0) is 78.2 Å². The van der Waals surface area contributed by atoms with E-state index in [0.717, 1.165) is 55.9 Å². The largest absolute Gasteiger partial charge is 0.377 e. The molecule has 1 saturated heterocycles. The Morgan fingerprint density at radius 2 is 0.642 bits per heavy atom. The van der Waals surface area contributed by atoms with E-state index in [1.54, 1.807) is 0 Å². The zero-order valence-electron chi connectivity index (χ0n) is 29.4. The minimum absolute atomic E-state index is 0.669. The highest BCUT2D eigenvalue weighted by atomic mass is 16.8. The topological polar surface area (TPSA) is 58.9 Å². The molecule has 2 aliphatic rings. The number of fused-ring (bicyclic) bond motifs is 4. The zero-order chi connectivity index (χ0) is 35.6. The smallest absolute Gasteiger partial charge is 0.169 e. The van der Waals surface area contributed by atoms with Crippen molar-refractivity contribution in [1.82, 2.24) is 0 Å². The second-order valence-corrected chi connectivity index (χ2v) is 14.8. The Balaban J connectivity index is 1.33. The summed E-state index contributed by atoms with van der Waals surface area (Å²) < 4.78 is 14.8. The first kappa shape index (κ1) is 32.3. The lowest BCUT2D eigenvalue weighted by atomic mass is 9.69. The van der Waals surface area contributed by atoms with Gasteiger partial charge in [-0.1, -0.05) is 170 Å². The summed E-state index contributed by atoms with van der Waals surface area (Å²) in [7, 11) is 0. The second kappa shape index (κ2) is 12.4. The lowest BCUT2D eigenvalue weighted by molar-refractivity contribution is -0.191. The van der Waals surface area contributed by atoms with Crippen molar-refractivity contribution < 1.29 is 19.7 Å². The van der Waals surface area contributed by atoms with Crippen LogP contribution in [0.15, 0.2) is 170 Å². The van der Waals surface area contributed by atoms with E-state index in [-0.39, 0.29) is 0 Å². The molecule has 8 aromatic rings. The molecule has 0 bridgehead atoms. The maximum Gasteiger partial charge on any atom is 0.169 e. The fourth-order valence-corrected chi connectivity index (χ4v) is 9.51. The van der Waals surface area contributed by atoms with Gasteiger partial charge in [0.15, 0.2) is 5.79 Å². The molecule has 1 spiro atoms. The predicted octanol–water partition coefficient (Wildman–Crippen LogP) is 10.5. The average Bonchev–Trinajstić information content (AvgIpc) is 3.86. The number of benzene rings is 8. The van der Waals surface area contributed by atoms with E-state index in [2.05, 4.69) is 72.8 Å². The Labute approximate surface area is 308 Å². The van der Waals surface area contributed by atoms with Gasteiger partial charge >= 0.3 is 0 Å². The first-order valence-electron chi connectivity index (χ1n) is 18.7. The van der Waals surface area contributed by atoms with Crippen LogP contribution in [0.2, 0.25) is 0 Å². The normalized spacial score (nSPS) is 18.8. The van der Waals surface area contributed by atoms with Crippen molar-refractivity contribution in [3.05, 3.63) is 192 Å². The predicted molar refractivity (Wildman–Crippen MR) is 213 cm³/mol. The van der Waals surface area contributed by atoms with Gasteiger partial charge in [-0.15, -0.1) is 0 Å². The maximum absolute atomic E-state index is 14.2. The maximum atomic E-state index is 14.2. The Morgan fingerprint density at radius 1 is 0.377 bits per heavy atom. The number of hydrogen-bond donors (Lipinski definition) is 2. The molecule has 0 unspecified atom stereocenters. The van der Waals surface area contributed by atoms with E-state index >= 15 is 0 Å². The summed E-state index contributed by atoms with van der Waals surface area (Å²) in [4.78, 5) is 0. The molecule has 8 aromatic carbocycles. The lowest BCUT2D eigenvalue weighted by Crippen LogP contribution is -2.55. The van der Waals surface area contributed by atoms with Gasteiger partial charge in [-0.2, -0.15) is 0 Å². The highest BCUT2D eigenvalue weighted by Gasteiger charge is 2.64. The third kappa shape index (κ3) is 4.91. The highest BCUT2D eigenvalue weighted by molar-refractivity contribution is 5.93. The van der Waals surface area contributed by atoms with Crippen LogP contribution in [0.25, 0.3) is 43.1 Å². The van der Waals surface area contributed by atoms with Gasteiger partial charge in [0.25, 0.3) is 0 Å². The third-order valence-corrected chi connectivity index (χ3v) is 11.9. The molecule has 1 heterocycles. The van der Waals surface area contributed by atoms with Crippen LogP contribution in [0.5, 0.6) is 0 Å². The molecule has 4 heteroatoms. The van der Waals surface area contributed by atoms with Gasteiger partial charge in [-0.25, -0.2) is 0 Å². The van der Waals surface area contributed by atoms with Gasteiger partial charge in [0, 0.05) is 12.8 Å². The number of ether oxygens (including phenoxy) is 2. The third-order valence-electron chi connectivity index (χ3n) is 11.9. The van der Waals surface area contributed by atoms with Crippen molar-refractivity contribution in [3.63, 3.8) is 0 Å². The molecule has 10 rings (SSSR count). The fraction of sp³-hybridized carbons (Fsp3) is 0.184. The summed E-state index contributed by atoms with van der Waals surface area (Å²) in [6.07, 6.45) is 1.12.